The Bertz CT molecular complexity index is 1190. The molecule has 10 nitrogen and oxygen atoms in total. The molecule has 1 unspecified atom stereocenters. The van der Waals surface area contributed by atoms with Crippen LogP contribution in [0.4, 0.5) is 4.39 Å². The molecule has 0 bridgehead atoms. The second-order valence-electron chi connectivity index (χ2n) is 10.4. The van der Waals surface area contributed by atoms with Crippen molar-refractivity contribution in [3.63, 3.8) is 0 Å². The second-order valence-corrected chi connectivity index (χ2v) is 10.4. The van der Waals surface area contributed by atoms with Crippen molar-refractivity contribution < 1.29 is 28.3 Å². The van der Waals surface area contributed by atoms with Crippen molar-refractivity contribution in [2.75, 3.05) is 7.11 Å². The summed E-state index contributed by atoms with van der Waals surface area (Å²) in [6, 6.07) is 1.19. The van der Waals surface area contributed by atoms with Gasteiger partial charge < -0.3 is 36.2 Å². The lowest BCUT2D eigenvalue weighted by atomic mass is 9.88. The Kier molecular flexibility index (Phi) is 7.03. The molecule has 2 aromatic rings. The molecule has 11 heteroatoms. The van der Waals surface area contributed by atoms with E-state index in [0.29, 0.717) is 30.3 Å². The van der Waals surface area contributed by atoms with E-state index in [1.54, 1.807) is 0 Å². The van der Waals surface area contributed by atoms with E-state index < -0.39 is 47.2 Å². The molecule has 4 rings (SSSR count). The lowest BCUT2D eigenvalue weighted by Crippen LogP contribution is -2.57. The van der Waals surface area contributed by atoms with Crippen molar-refractivity contribution in [1.82, 2.24) is 20.9 Å². The van der Waals surface area contributed by atoms with Crippen LogP contribution in [0.2, 0.25) is 0 Å². The van der Waals surface area contributed by atoms with Gasteiger partial charge in [-0.3, -0.25) is 14.4 Å². The normalized spacial score (nSPS) is 21.4. The van der Waals surface area contributed by atoms with Crippen LogP contribution in [0.1, 0.15) is 50.0 Å². The van der Waals surface area contributed by atoms with Gasteiger partial charge in [0, 0.05) is 17.0 Å². The standard InChI is InChI=1S/C25H32FN5O5/c1-25(2)10-14(22(33)31-25)20(27)18(11-32)30-23(34)16(8-12-4-5-12)29-24(35)17-9-13-19(36-3)7-6-15(26)21(13)28-17/h6-7,9,11-12,14,16,18,20,28H,4-5,8,10,27H2,1-3H3,(H,29,35)(H,30,34)(H,31,33)/t14-,16+,18-,20?/m1/s1. The molecule has 4 atom stereocenters. The molecule has 1 saturated carbocycles. The third-order valence-corrected chi connectivity index (χ3v) is 6.92. The molecule has 2 aliphatic rings. The lowest BCUT2D eigenvalue weighted by molar-refractivity contribution is -0.128. The maximum Gasteiger partial charge on any atom is 0.268 e. The zero-order valence-corrected chi connectivity index (χ0v) is 20.5. The van der Waals surface area contributed by atoms with E-state index in [1.165, 1.54) is 25.3 Å². The van der Waals surface area contributed by atoms with E-state index in [9.17, 15) is 23.6 Å². The molecule has 2 fully saturated rings. The van der Waals surface area contributed by atoms with Crippen molar-refractivity contribution >= 4 is 34.9 Å². The van der Waals surface area contributed by atoms with Gasteiger partial charge in [-0.05, 0) is 50.8 Å². The van der Waals surface area contributed by atoms with Crippen LogP contribution in [0.25, 0.3) is 10.9 Å². The van der Waals surface area contributed by atoms with Crippen molar-refractivity contribution in [2.45, 2.75) is 63.2 Å². The van der Waals surface area contributed by atoms with E-state index in [1.807, 2.05) is 13.8 Å². The molecule has 194 valence electrons. The maximum atomic E-state index is 14.3. The van der Waals surface area contributed by atoms with Crippen LogP contribution < -0.4 is 26.4 Å². The average Bonchev–Trinajstić information content (AvgIpc) is 3.44. The van der Waals surface area contributed by atoms with Gasteiger partial charge in [-0.1, -0.05) is 12.8 Å². The number of rotatable bonds is 10. The minimum absolute atomic E-state index is 0.0653. The Morgan fingerprint density at radius 2 is 2.03 bits per heavy atom. The van der Waals surface area contributed by atoms with Gasteiger partial charge in [0.2, 0.25) is 11.8 Å². The van der Waals surface area contributed by atoms with E-state index in [0.717, 1.165) is 12.8 Å². The monoisotopic (exact) mass is 501 g/mol. The largest absolute Gasteiger partial charge is 0.496 e. The molecule has 3 amide bonds. The van der Waals surface area contributed by atoms with Crippen molar-refractivity contribution in [1.29, 1.82) is 0 Å². The molecule has 1 aliphatic heterocycles. The van der Waals surface area contributed by atoms with Gasteiger partial charge >= 0.3 is 0 Å². The van der Waals surface area contributed by atoms with Gasteiger partial charge in [-0.25, -0.2) is 4.39 Å². The van der Waals surface area contributed by atoms with Gasteiger partial charge in [-0.2, -0.15) is 0 Å². The number of aromatic amines is 1. The maximum absolute atomic E-state index is 14.3. The highest BCUT2D eigenvalue weighted by Crippen LogP contribution is 2.34. The number of halogens is 1. The summed E-state index contributed by atoms with van der Waals surface area (Å²) in [5, 5.41) is 8.55. The number of H-pyrrole nitrogens is 1. The van der Waals surface area contributed by atoms with Crippen LogP contribution in [0, 0.1) is 17.7 Å². The van der Waals surface area contributed by atoms with Gasteiger partial charge in [0.15, 0.2) is 0 Å². The van der Waals surface area contributed by atoms with Crippen molar-refractivity contribution in [2.24, 2.45) is 17.6 Å². The summed E-state index contributed by atoms with van der Waals surface area (Å²) in [4.78, 5) is 53.1. The molecule has 2 heterocycles. The van der Waals surface area contributed by atoms with Gasteiger partial charge in [0.1, 0.15) is 35.6 Å². The number of carbonyl (C=O) groups is 4. The molecule has 6 N–H and O–H groups in total. The third-order valence-electron chi connectivity index (χ3n) is 6.92. The summed E-state index contributed by atoms with van der Waals surface area (Å²) in [5.41, 5.74) is 5.96. The number of ether oxygens (including phenoxy) is 1. The number of methoxy groups -OCH3 is 1. The summed E-state index contributed by atoms with van der Waals surface area (Å²) in [5.74, 6) is -1.94. The number of fused-ring (bicyclic) bond motifs is 1. The molecular weight excluding hydrogens is 469 g/mol. The fourth-order valence-corrected chi connectivity index (χ4v) is 4.78. The number of amides is 3. The molecule has 36 heavy (non-hydrogen) atoms. The minimum atomic E-state index is -1.10. The Labute approximate surface area is 207 Å². The molecule has 0 spiro atoms. The SMILES string of the molecule is COc1ccc(F)c2[nH]c(C(=O)N[C@@H](CC3CC3)C(=O)N[C@H](C=O)C(N)[C@H]3CC(C)(C)NC3=O)cc12. The van der Waals surface area contributed by atoms with E-state index >= 15 is 0 Å². The first-order valence-electron chi connectivity index (χ1n) is 12.0. The lowest BCUT2D eigenvalue weighted by Gasteiger charge is -2.27. The molecule has 0 radical (unpaired) electrons. The molecular formula is C25H32FN5O5. The number of nitrogens with two attached hydrogens (primary N) is 1. The van der Waals surface area contributed by atoms with Gasteiger partial charge in [0.25, 0.3) is 5.91 Å². The van der Waals surface area contributed by atoms with Crippen LogP contribution >= 0.6 is 0 Å². The van der Waals surface area contributed by atoms with Crippen molar-refractivity contribution in [3.8, 4) is 5.75 Å². The smallest absolute Gasteiger partial charge is 0.268 e. The predicted octanol–water partition coefficient (Wildman–Crippen LogP) is 1.14. The van der Waals surface area contributed by atoms with E-state index in [4.69, 9.17) is 10.5 Å². The van der Waals surface area contributed by atoms with Crippen LogP contribution in [0.15, 0.2) is 18.2 Å². The number of hydrogen-bond acceptors (Lipinski definition) is 6. The van der Waals surface area contributed by atoms with Crippen LogP contribution in [-0.4, -0.2) is 59.8 Å². The van der Waals surface area contributed by atoms with Crippen molar-refractivity contribution in [3.05, 3.63) is 29.7 Å². The number of aromatic nitrogens is 1. The van der Waals surface area contributed by atoms with E-state index in [-0.39, 0.29) is 23.0 Å². The zero-order chi connectivity index (χ0) is 26.2. The summed E-state index contributed by atoms with van der Waals surface area (Å²) >= 11 is 0. The Morgan fingerprint density at radius 1 is 1.31 bits per heavy atom. The number of hydrogen-bond donors (Lipinski definition) is 5. The first kappa shape index (κ1) is 25.6. The fraction of sp³-hybridized carbons (Fsp3) is 0.520. The van der Waals surface area contributed by atoms with Crippen LogP contribution in [-0.2, 0) is 14.4 Å². The van der Waals surface area contributed by atoms with Crippen LogP contribution in [0.3, 0.4) is 0 Å². The highest BCUT2D eigenvalue weighted by molar-refractivity contribution is 6.01. The highest BCUT2D eigenvalue weighted by atomic mass is 19.1. The summed E-state index contributed by atoms with van der Waals surface area (Å²) in [7, 11) is 1.44. The summed E-state index contributed by atoms with van der Waals surface area (Å²) in [6.45, 7) is 3.72. The van der Waals surface area contributed by atoms with Gasteiger partial charge in [0.05, 0.1) is 18.5 Å². The first-order chi connectivity index (χ1) is 17.0. The number of carbonyl (C=O) groups excluding carboxylic acids is 4. The molecule has 1 aromatic carbocycles. The van der Waals surface area contributed by atoms with Crippen LogP contribution in [0.5, 0.6) is 5.75 Å². The number of aldehydes is 1. The molecule has 1 saturated heterocycles. The fourth-order valence-electron chi connectivity index (χ4n) is 4.78. The molecule has 1 aromatic heterocycles. The summed E-state index contributed by atoms with van der Waals surface area (Å²) < 4.78 is 19.5. The number of benzene rings is 1. The predicted molar refractivity (Wildman–Crippen MR) is 130 cm³/mol. The highest BCUT2D eigenvalue weighted by Gasteiger charge is 2.43. The second kappa shape index (κ2) is 9.88. The number of nitrogens with one attached hydrogen (secondary N) is 4. The quantitative estimate of drug-likeness (QED) is 0.308. The topological polar surface area (TPSA) is 155 Å². The Morgan fingerprint density at radius 3 is 2.61 bits per heavy atom. The Hall–Kier alpha value is -3.47. The summed E-state index contributed by atoms with van der Waals surface area (Å²) in [6.07, 6.45) is 3.19. The Balaban J connectivity index is 1.49. The zero-order valence-electron chi connectivity index (χ0n) is 20.5. The third kappa shape index (κ3) is 5.35. The minimum Gasteiger partial charge on any atom is -0.496 e. The first-order valence-corrected chi connectivity index (χ1v) is 12.0. The average molecular weight is 502 g/mol. The van der Waals surface area contributed by atoms with Gasteiger partial charge in [-0.15, -0.1) is 0 Å². The molecule has 1 aliphatic carbocycles. The van der Waals surface area contributed by atoms with E-state index in [2.05, 4.69) is 20.9 Å².